The molecule has 2 nitrogen and oxygen atoms in total. The molecule has 0 aromatic rings. The molecule has 0 aliphatic carbocycles. The lowest BCUT2D eigenvalue weighted by Crippen LogP contribution is -2.18. The Kier molecular flexibility index (Phi) is 2.84. The fraction of sp³-hybridized carbons (Fsp3) is 0.400. The van der Waals surface area contributed by atoms with Crippen molar-refractivity contribution in [2.45, 2.75) is 6.92 Å². The zero-order valence-electron chi connectivity index (χ0n) is 4.86. The van der Waals surface area contributed by atoms with Crippen molar-refractivity contribution in [1.29, 1.82) is 0 Å². The van der Waals surface area contributed by atoms with Crippen LogP contribution in [0.4, 0.5) is 4.39 Å². The van der Waals surface area contributed by atoms with Crippen molar-refractivity contribution >= 4 is 5.91 Å². The lowest BCUT2D eigenvalue weighted by molar-refractivity contribution is -0.117. The van der Waals surface area contributed by atoms with E-state index in [1.165, 1.54) is 14.0 Å². The Hall–Kier alpha value is -0.860. The summed E-state index contributed by atoms with van der Waals surface area (Å²) >= 11 is 0. The standard InChI is InChI=1S/C5H8FNO/c1-4(3-6)5(8)7-2/h3H,1-2H3,(H,7,8)/b4-3-. The van der Waals surface area contributed by atoms with E-state index in [0.29, 0.717) is 0 Å². The van der Waals surface area contributed by atoms with E-state index in [1.54, 1.807) is 0 Å². The highest BCUT2D eigenvalue weighted by Crippen LogP contribution is 1.89. The predicted octanol–water partition coefficient (Wildman–Crippen LogP) is 0.606. The smallest absolute Gasteiger partial charge is 0.248 e. The van der Waals surface area contributed by atoms with Gasteiger partial charge >= 0.3 is 0 Å². The summed E-state index contributed by atoms with van der Waals surface area (Å²) < 4.78 is 11.4. The summed E-state index contributed by atoms with van der Waals surface area (Å²) in [6.45, 7) is 1.40. The predicted molar refractivity (Wildman–Crippen MR) is 28.9 cm³/mol. The lowest BCUT2D eigenvalue weighted by Gasteiger charge is -1.92. The molecule has 0 unspecified atom stereocenters. The Labute approximate surface area is 47.4 Å². The molecule has 1 amide bonds. The molecular weight excluding hydrogens is 109 g/mol. The van der Waals surface area contributed by atoms with Crippen LogP contribution in [-0.4, -0.2) is 13.0 Å². The summed E-state index contributed by atoms with van der Waals surface area (Å²) in [5.41, 5.74) is 0.0903. The molecule has 1 N–H and O–H groups in total. The molecule has 0 aromatic carbocycles. The highest BCUT2D eigenvalue weighted by molar-refractivity contribution is 5.92. The third-order valence-electron chi connectivity index (χ3n) is 0.749. The Morgan fingerprint density at radius 1 is 1.75 bits per heavy atom. The van der Waals surface area contributed by atoms with E-state index in [-0.39, 0.29) is 17.8 Å². The van der Waals surface area contributed by atoms with Gasteiger partial charge < -0.3 is 5.32 Å². The van der Waals surface area contributed by atoms with Gasteiger partial charge in [0.15, 0.2) is 0 Å². The van der Waals surface area contributed by atoms with Gasteiger partial charge in [-0.3, -0.25) is 4.79 Å². The normalized spacial score (nSPS) is 11.1. The molecule has 0 atom stereocenters. The van der Waals surface area contributed by atoms with Gasteiger partial charge in [0, 0.05) is 12.6 Å². The number of nitrogens with one attached hydrogen (secondary N) is 1. The quantitative estimate of drug-likeness (QED) is 0.501. The third kappa shape index (κ3) is 1.73. The van der Waals surface area contributed by atoms with Crippen LogP contribution in [0.3, 0.4) is 0 Å². The number of hydrogen-bond donors (Lipinski definition) is 1. The molecule has 0 aliphatic heterocycles. The molecule has 0 aromatic heterocycles. The molecule has 0 saturated carbocycles. The SMILES string of the molecule is CNC(=O)/C(C)=C\F. The highest BCUT2D eigenvalue weighted by atomic mass is 19.1. The second-order valence-electron chi connectivity index (χ2n) is 1.37. The van der Waals surface area contributed by atoms with E-state index in [9.17, 15) is 9.18 Å². The monoisotopic (exact) mass is 117 g/mol. The molecule has 0 rings (SSSR count). The van der Waals surface area contributed by atoms with Crippen molar-refractivity contribution in [2.75, 3.05) is 7.05 Å². The van der Waals surface area contributed by atoms with Gasteiger partial charge in [-0.25, -0.2) is 4.39 Å². The van der Waals surface area contributed by atoms with Gasteiger partial charge in [-0.05, 0) is 6.92 Å². The molecule has 0 bridgehead atoms. The van der Waals surface area contributed by atoms with Crippen LogP contribution in [0.2, 0.25) is 0 Å². The summed E-state index contributed by atoms with van der Waals surface area (Å²) in [6.07, 6.45) is 0.277. The van der Waals surface area contributed by atoms with Crippen molar-refractivity contribution in [2.24, 2.45) is 0 Å². The maximum Gasteiger partial charge on any atom is 0.248 e. The van der Waals surface area contributed by atoms with E-state index >= 15 is 0 Å². The molecular formula is C5H8FNO. The van der Waals surface area contributed by atoms with E-state index in [1.807, 2.05) is 0 Å². The molecule has 0 fully saturated rings. The van der Waals surface area contributed by atoms with Crippen LogP contribution in [0.1, 0.15) is 6.92 Å². The van der Waals surface area contributed by atoms with Crippen molar-refractivity contribution in [3.63, 3.8) is 0 Å². The van der Waals surface area contributed by atoms with Gasteiger partial charge in [0.1, 0.15) is 0 Å². The summed E-state index contributed by atoms with van der Waals surface area (Å²) in [5, 5.41) is 2.27. The summed E-state index contributed by atoms with van der Waals surface area (Å²) in [4.78, 5) is 10.3. The van der Waals surface area contributed by atoms with Crippen LogP contribution < -0.4 is 5.32 Å². The minimum absolute atomic E-state index is 0.0903. The van der Waals surface area contributed by atoms with Crippen LogP contribution in [0.5, 0.6) is 0 Å². The number of hydrogen-bond acceptors (Lipinski definition) is 1. The number of carbonyl (C=O) groups is 1. The first kappa shape index (κ1) is 7.14. The van der Waals surface area contributed by atoms with E-state index in [2.05, 4.69) is 5.32 Å². The van der Waals surface area contributed by atoms with Gasteiger partial charge in [0.05, 0.1) is 6.33 Å². The maximum absolute atomic E-state index is 11.4. The zero-order chi connectivity index (χ0) is 6.57. The molecule has 3 heteroatoms. The second-order valence-corrected chi connectivity index (χ2v) is 1.37. The minimum Gasteiger partial charge on any atom is -0.355 e. The Balaban J connectivity index is 3.83. The molecule has 46 valence electrons. The number of amides is 1. The Morgan fingerprint density at radius 2 is 2.25 bits per heavy atom. The fourth-order valence-corrected chi connectivity index (χ4v) is 0.247. The van der Waals surface area contributed by atoms with E-state index < -0.39 is 0 Å². The van der Waals surface area contributed by atoms with Crippen LogP contribution in [-0.2, 0) is 4.79 Å². The molecule has 0 spiro atoms. The van der Waals surface area contributed by atoms with Crippen LogP contribution in [0.15, 0.2) is 11.9 Å². The van der Waals surface area contributed by atoms with Crippen LogP contribution in [0.25, 0.3) is 0 Å². The van der Waals surface area contributed by atoms with Crippen LogP contribution >= 0.6 is 0 Å². The summed E-state index contributed by atoms with van der Waals surface area (Å²) in [5.74, 6) is -0.382. The van der Waals surface area contributed by atoms with Gasteiger partial charge in [-0.2, -0.15) is 0 Å². The zero-order valence-corrected chi connectivity index (χ0v) is 4.86. The topological polar surface area (TPSA) is 29.1 Å². The molecule has 0 aliphatic rings. The summed E-state index contributed by atoms with van der Waals surface area (Å²) in [7, 11) is 1.45. The first-order valence-electron chi connectivity index (χ1n) is 2.21. The van der Waals surface area contributed by atoms with Crippen molar-refractivity contribution in [3.8, 4) is 0 Å². The van der Waals surface area contributed by atoms with Crippen molar-refractivity contribution in [1.82, 2.24) is 5.32 Å². The fourth-order valence-electron chi connectivity index (χ4n) is 0.247. The lowest BCUT2D eigenvalue weighted by atomic mass is 10.3. The Morgan fingerprint density at radius 3 is 2.38 bits per heavy atom. The largest absolute Gasteiger partial charge is 0.355 e. The summed E-state index contributed by atoms with van der Waals surface area (Å²) in [6, 6.07) is 0. The van der Waals surface area contributed by atoms with Gasteiger partial charge in [-0.15, -0.1) is 0 Å². The minimum atomic E-state index is -0.382. The van der Waals surface area contributed by atoms with Crippen molar-refractivity contribution < 1.29 is 9.18 Å². The second kappa shape index (κ2) is 3.18. The van der Waals surface area contributed by atoms with Gasteiger partial charge in [0.2, 0.25) is 5.91 Å². The average molecular weight is 117 g/mol. The number of carbonyl (C=O) groups excluding carboxylic acids is 1. The van der Waals surface area contributed by atoms with Gasteiger partial charge in [-0.1, -0.05) is 0 Å². The molecule has 0 saturated heterocycles. The van der Waals surface area contributed by atoms with E-state index in [0.717, 1.165) is 0 Å². The number of halogens is 1. The van der Waals surface area contributed by atoms with E-state index in [4.69, 9.17) is 0 Å². The molecule has 0 heterocycles. The number of rotatable bonds is 1. The van der Waals surface area contributed by atoms with Crippen LogP contribution in [0, 0.1) is 0 Å². The average Bonchev–Trinajstić information content (AvgIpc) is 1.84. The van der Waals surface area contributed by atoms with Crippen molar-refractivity contribution in [3.05, 3.63) is 11.9 Å². The third-order valence-corrected chi connectivity index (χ3v) is 0.749. The first-order chi connectivity index (χ1) is 3.72. The van der Waals surface area contributed by atoms with Gasteiger partial charge in [0.25, 0.3) is 0 Å². The highest BCUT2D eigenvalue weighted by Gasteiger charge is 1.97. The molecule has 0 radical (unpaired) electrons. The number of likely N-dealkylation sites (N-methyl/N-ethyl adjacent to an activating group) is 1. The first-order valence-corrected chi connectivity index (χ1v) is 2.21. The Bertz CT molecular complexity index is 120. The molecule has 8 heavy (non-hydrogen) atoms. The maximum atomic E-state index is 11.4.